The van der Waals surface area contributed by atoms with Gasteiger partial charge in [-0.15, -0.1) is 4.72 Å². The van der Waals surface area contributed by atoms with Gasteiger partial charge in [0.05, 0.1) is 5.75 Å². The second-order valence-electron chi connectivity index (χ2n) is 4.07. The molecule has 0 amide bonds. The Labute approximate surface area is 106 Å². The van der Waals surface area contributed by atoms with Crippen LogP contribution in [0.1, 0.15) is 45.4 Å². The predicted octanol–water partition coefficient (Wildman–Crippen LogP) is 1.94. The first kappa shape index (κ1) is 17.2. The molecule has 0 aliphatic rings. The molecule has 0 atom stereocenters. The zero-order valence-corrected chi connectivity index (χ0v) is 11.1. The molecule has 0 rings (SSSR count). The van der Waals surface area contributed by atoms with Crippen molar-refractivity contribution < 1.29 is 27.1 Å². The molecule has 0 fully saturated rings. The van der Waals surface area contributed by atoms with Crippen LogP contribution in [0.25, 0.3) is 0 Å². The number of hydrogen-bond donors (Lipinski definition) is 2. The van der Waals surface area contributed by atoms with Gasteiger partial charge in [-0.3, -0.25) is 0 Å². The molecule has 108 valence electrons. The minimum absolute atomic E-state index is 0.245. The van der Waals surface area contributed by atoms with Gasteiger partial charge in [-0.25, -0.2) is 13.2 Å². The first-order chi connectivity index (χ1) is 8.21. The van der Waals surface area contributed by atoms with Crippen LogP contribution < -0.4 is 4.72 Å². The lowest BCUT2D eigenvalue weighted by molar-refractivity contribution is -0.166. The second-order valence-corrected chi connectivity index (χ2v) is 5.91. The quantitative estimate of drug-likeness (QED) is 0.475. The molecule has 0 spiro atoms. The van der Waals surface area contributed by atoms with Crippen molar-refractivity contribution in [1.82, 2.24) is 4.72 Å². The molecule has 0 saturated heterocycles. The maximum atomic E-state index is 12.6. The largest absolute Gasteiger partial charge is 0.476 e. The molecule has 0 radical (unpaired) electrons. The molecule has 0 aromatic rings. The summed E-state index contributed by atoms with van der Waals surface area (Å²) in [5, 5.41) is 8.10. The Morgan fingerprint density at radius 2 is 1.67 bits per heavy atom. The fourth-order valence-electron chi connectivity index (χ4n) is 1.36. The highest BCUT2D eigenvalue weighted by atomic mass is 32.2. The minimum atomic E-state index is -4.44. The number of carbonyl (C=O) groups is 1. The molecule has 0 aromatic heterocycles. The molecule has 0 saturated carbocycles. The van der Waals surface area contributed by atoms with Gasteiger partial charge >= 0.3 is 12.0 Å². The zero-order valence-electron chi connectivity index (χ0n) is 10.3. The van der Waals surface area contributed by atoms with Crippen LogP contribution in [0.15, 0.2) is 0 Å². The Bertz CT molecular complexity index is 357. The lowest BCUT2D eigenvalue weighted by atomic mass is 10.1. The van der Waals surface area contributed by atoms with E-state index < -0.39 is 27.8 Å². The predicted molar refractivity (Wildman–Crippen MR) is 62.9 cm³/mol. The number of unbranched alkanes of at least 4 members (excludes halogenated alkanes) is 5. The van der Waals surface area contributed by atoms with Crippen LogP contribution >= 0.6 is 0 Å². The van der Waals surface area contributed by atoms with Gasteiger partial charge < -0.3 is 5.11 Å². The summed E-state index contributed by atoms with van der Waals surface area (Å²) in [6, 6.07) is -4.44. The maximum Gasteiger partial charge on any atom is 0.411 e. The van der Waals surface area contributed by atoms with Gasteiger partial charge in [0.2, 0.25) is 10.0 Å². The van der Waals surface area contributed by atoms with Gasteiger partial charge in [-0.2, -0.15) is 8.78 Å². The van der Waals surface area contributed by atoms with Crippen molar-refractivity contribution in [2.45, 2.75) is 51.5 Å². The Balaban J connectivity index is 3.99. The normalized spacial score (nSPS) is 12.6. The highest BCUT2D eigenvalue weighted by Gasteiger charge is 2.42. The second kappa shape index (κ2) is 7.63. The van der Waals surface area contributed by atoms with Gasteiger partial charge in [0, 0.05) is 0 Å². The van der Waals surface area contributed by atoms with E-state index >= 15 is 0 Å². The van der Waals surface area contributed by atoms with E-state index in [0.717, 1.165) is 30.4 Å². The third-order valence-electron chi connectivity index (χ3n) is 2.32. The Hall–Kier alpha value is -0.760. The number of sulfonamides is 1. The Morgan fingerprint density at radius 1 is 1.17 bits per heavy atom. The molecular formula is C10H19F2NO4S. The number of halogens is 2. The van der Waals surface area contributed by atoms with Gasteiger partial charge in [0.1, 0.15) is 0 Å². The fourth-order valence-corrected chi connectivity index (χ4v) is 2.53. The number of aliphatic carboxylic acids is 1. The van der Waals surface area contributed by atoms with Crippen molar-refractivity contribution in [3.63, 3.8) is 0 Å². The van der Waals surface area contributed by atoms with E-state index in [1.54, 1.807) is 0 Å². The topological polar surface area (TPSA) is 83.5 Å². The summed E-state index contributed by atoms with van der Waals surface area (Å²) < 4.78 is 48.5. The molecule has 0 unspecified atom stereocenters. The van der Waals surface area contributed by atoms with Crippen LogP contribution in [0.5, 0.6) is 0 Å². The minimum Gasteiger partial charge on any atom is -0.476 e. The smallest absolute Gasteiger partial charge is 0.411 e. The van der Waals surface area contributed by atoms with E-state index in [0.29, 0.717) is 6.42 Å². The zero-order chi connectivity index (χ0) is 14.2. The summed E-state index contributed by atoms with van der Waals surface area (Å²) in [6.07, 6.45) is 4.81. The van der Waals surface area contributed by atoms with E-state index in [-0.39, 0.29) is 6.42 Å². The Morgan fingerprint density at radius 3 is 2.17 bits per heavy atom. The van der Waals surface area contributed by atoms with Gasteiger partial charge in [0.15, 0.2) is 0 Å². The van der Waals surface area contributed by atoms with Crippen LogP contribution in [0, 0.1) is 0 Å². The third kappa shape index (κ3) is 7.54. The standard InChI is InChI=1S/C10H19F2NO4S/c1-2-3-4-5-6-7-8-18(16,17)13-10(11,12)9(14)15/h13H,2-8H2,1H3,(H,14,15). The van der Waals surface area contributed by atoms with E-state index in [1.807, 2.05) is 6.92 Å². The van der Waals surface area contributed by atoms with Crippen molar-refractivity contribution in [2.24, 2.45) is 0 Å². The molecule has 0 aliphatic heterocycles. The molecule has 0 heterocycles. The first-order valence-corrected chi connectivity index (χ1v) is 7.49. The lowest BCUT2D eigenvalue weighted by Gasteiger charge is -2.13. The van der Waals surface area contributed by atoms with Crippen LogP contribution in [0.4, 0.5) is 8.78 Å². The van der Waals surface area contributed by atoms with Crippen LogP contribution in [-0.4, -0.2) is 31.3 Å². The van der Waals surface area contributed by atoms with Crippen molar-refractivity contribution in [3.8, 4) is 0 Å². The Kier molecular flexibility index (Phi) is 7.30. The highest BCUT2D eigenvalue weighted by Crippen LogP contribution is 2.12. The number of carboxylic acid groups (broad SMARTS) is 1. The molecule has 0 aromatic carbocycles. The first-order valence-electron chi connectivity index (χ1n) is 5.84. The molecule has 5 nitrogen and oxygen atoms in total. The van der Waals surface area contributed by atoms with E-state index in [9.17, 15) is 22.0 Å². The van der Waals surface area contributed by atoms with Gasteiger partial charge in [0.25, 0.3) is 0 Å². The molecule has 2 N–H and O–H groups in total. The monoisotopic (exact) mass is 287 g/mol. The van der Waals surface area contributed by atoms with Gasteiger partial charge in [-0.1, -0.05) is 39.0 Å². The number of carboxylic acids is 1. The number of hydrogen-bond acceptors (Lipinski definition) is 3. The van der Waals surface area contributed by atoms with Crippen molar-refractivity contribution in [3.05, 3.63) is 0 Å². The SMILES string of the molecule is CCCCCCCCS(=O)(=O)NC(F)(F)C(=O)O. The molecular weight excluding hydrogens is 268 g/mol. The average Bonchev–Trinajstić information content (AvgIpc) is 2.21. The molecule has 0 aliphatic carbocycles. The highest BCUT2D eigenvalue weighted by molar-refractivity contribution is 7.89. The summed E-state index contributed by atoms with van der Waals surface area (Å²) in [4.78, 5) is 10.1. The fraction of sp³-hybridized carbons (Fsp3) is 0.900. The average molecular weight is 287 g/mol. The van der Waals surface area contributed by atoms with Crippen molar-refractivity contribution >= 4 is 16.0 Å². The summed E-state index contributed by atoms with van der Waals surface area (Å²) in [7, 11) is -4.26. The molecule has 18 heavy (non-hydrogen) atoms. The lowest BCUT2D eigenvalue weighted by Crippen LogP contribution is -2.48. The van der Waals surface area contributed by atoms with Crippen LogP contribution in [-0.2, 0) is 14.8 Å². The molecule has 8 heteroatoms. The summed E-state index contributed by atoms with van der Waals surface area (Å²) in [5.41, 5.74) is 0. The van der Waals surface area contributed by atoms with Crippen LogP contribution in [0.3, 0.4) is 0 Å². The van der Waals surface area contributed by atoms with Crippen molar-refractivity contribution in [2.75, 3.05) is 5.75 Å². The summed E-state index contributed by atoms with van der Waals surface area (Å²) in [5.74, 6) is -2.99. The third-order valence-corrected chi connectivity index (χ3v) is 3.71. The number of rotatable bonds is 10. The summed E-state index contributed by atoms with van der Waals surface area (Å²) in [6.45, 7) is 2.04. The van der Waals surface area contributed by atoms with E-state index in [4.69, 9.17) is 5.11 Å². The van der Waals surface area contributed by atoms with E-state index in [1.165, 1.54) is 0 Å². The number of alkyl halides is 2. The summed E-state index contributed by atoms with van der Waals surface area (Å²) >= 11 is 0. The van der Waals surface area contributed by atoms with Gasteiger partial charge in [-0.05, 0) is 6.42 Å². The van der Waals surface area contributed by atoms with Crippen molar-refractivity contribution in [1.29, 1.82) is 0 Å². The molecule has 0 bridgehead atoms. The van der Waals surface area contributed by atoms with E-state index in [2.05, 4.69) is 0 Å². The van der Waals surface area contributed by atoms with Crippen LogP contribution in [0.2, 0.25) is 0 Å². The maximum absolute atomic E-state index is 12.6. The number of nitrogens with one attached hydrogen (secondary N) is 1.